The molecule has 2 aromatic heterocycles. The lowest BCUT2D eigenvalue weighted by molar-refractivity contribution is -0.232. The average Bonchev–Trinajstić information content (AvgIpc) is 3.56. The molecule has 0 radical (unpaired) electrons. The monoisotopic (exact) mass is 824 g/mol. The molecule has 4 fully saturated rings. The largest absolute Gasteiger partial charge is 0.481 e. The summed E-state index contributed by atoms with van der Waals surface area (Å²) in [5.74, 6) is -0.0567. The number of nitrogens with two attached hydrogens (primary N) is 1. The van der Waals surface area contributed by atoms with E-state index in [0.29, 0.717) is 41.3 Å². The van der Waals surface area contributed by atoms with Crippen LogP contribution in [0.1, 0.15) is 132 Å². The van der Waals surface area contributed by atoms with Gasteiger partial charge in [-0.3, -0.25) is 23.9 Å². The van der Waals surface area contributed by atoms with Gasteiger partial charge in [-0.1, -0.05) is 71.7 Å². The minimum absolute atomic E-state index is 0.00325. The summed E-state index contributed by atoms with van der Waals surface area (Å²) >= 11 is 13.4. The number of aromatic nitrogens is 3. The molecule has 2 heterocycles. The first kappa shape index (κ1) is 42.2. The number of aliphatic carboxylic acids is 1. The molecule has 5 aliphatic rings. The Labute approximate surface area is 347 Å². The predicted molar refractivity (Wildman–Crippen MR) is 221 cm³/mol. The highest BCUT2D eigenvalue weighted by Crippen LogP contribution is 2.77. The molecule has 5 aliphatic carbocycles. The van der Waals surface area contributed by atoms with Crippen LogP contribution in [0, 0.1) is 50.7 Å². The van der Waals surface area contributed by atoms with Crippen molar-refractivity contribution in [3.63, 3.8) is 0 Å². The number of ketones is 1. The highest BCUT2D eigenvalue weighted by molar-refractivity contribution is 6.31. The zero-order chi connectivity index (χ0) is 41.8. The van der Waals surface area contributed by atoms with Crippen molar-refractivity contribution >= 4 is 40.9 Å². The molecular weight excluding hydrogens is 763 g/mol. The van der Waals surface area contributed by atoms with Gasteiger partial charge in [-0.2, -0.15) is 4.68 Å². The Hall–Kier alpha value is -2.95. The SMILES string of the molecule is CC(C)C1=C2[C@H]3CC[C@@H]4[C@@]5(C)CC[C@H](OC(=O)CC(C)(C)C(=O)O)C(C)(C)[C@@H]5CC[C@@]4(C)[C@]3(C)CC[C@@]2(c2c(Cl)c(=O)n(-c3ccc(Cl)cn3)n2CCN)CC1=O. The van der Waals surface area contributed by atoms with Crippen molar-refractivity contribution in [1.82, 2.24) is 14.3 Å². The summed E-state index contributed by atoms with van der Waals surface area (Å²) in [6, 6.07) is 3.41. The summed E-state index contributed by atoms with van der Waals surface area (Å²) in [6.45, 7) is 20.0. The van der Waals surface area contributed by atoms with E-state index in [1.54, 1.807) is 26.0 Å². The Bertz CT molecular complexity index is 2080. The molecule has 12 heteroatoms. The van der Waals surface area contributed by atoms with Crippen LogP contribution in [0.5, 0.6) is 0 Å². The second-order valence-electron chi connectivity index (χ2n) is 20.5. The molecule has 10 nitrogen and oxygen atoms in total. The quantitative estimate of drug-likeness (QED) is 0.239. The van der Waals surface area contributed by atoms with E-state index in [4.69, 9.17) is 33.7 Å². The molecule has 4 saturated carbocycles. The number of carbonyl (C=O) groups excluding carboxylic acids is 2. The third-order valence-electron chi connectivity index (χ3n) is 16.6. The van der Waals surface area contributed by atoms with Gasteiger partial charge in [0.05, 0.1) is 29.1 Å². The van der Waals surface area contributed by atoms with Crippen molar-refractivity contribution in [2.24, 2.45) is 56.5 Å². The first-order valence-electron chi connectivity index (χ1n) is 21.1. The van der Waals surface area contributed by atoms with Gasteiger partial charge in [0.15, 0.2) is 11.6 Å². The van der Waals surface area contributed by atoms with Gasteiger partial charge in [0.25, 0.3) is 5.56 Å². The number of Topliss-reactive ketones (excluding diaryl/α,β-unsaturated/α-hetero) is 1. The van der Waals surface area contributed by atoms with Crippen LogP contribution in [-0.2, 0) is 31.1 Å². The van der Waals surface area contributed by atoms with Crippen LogP contribution >= 0.6 is 23.2 Å². The summed E-state index contributed by atoms with van der Waals surface area (Å²) in [6.07, 6.45) is 8.54. The van der Waals surface area contributed by atoms with Crippen LogP contribution in [-0.4, -0.2) is 49.8 Å². The second-order valence-corrected chi connectivity index (χ2v) is 21.3. The maximum absolute atomic E-state index is 14.5. The number of ether oxygens (including phenoxy) is 1. The molecule has 7 rings (SSSR count). The molecule has 0 aliphatic heterocycles. The summed E-state index contributed by atoms with van der Waals surface area (Å²) in [5, 5.41) is 10.2. The molecule has 0 saturated heterocycles. The number of rotatable bonds is 9. The fourth-order valence-corrected chi connectivity index (χ4v) is 14.2. The normalized spacial score (nSPS) is 34.7. The molecule has 8 atom stereocenters. The minimum atomic E-state index is -1.19. The van der Waals surface area contributed by atoms with Gasteiger partial charge in [-0.05, 0) is 128 Å². The number of nitrogens with zero attached hydrogens (tertiary/aromatic N) is 3. The van der Waals surface area contributed by atoms with Gasteiger partial charge in [0.2, 0.25) is 0 Å². The molecular formula is C45H62Cl2N4O6. The van der Waals surface area contributed by atoms with Gasteiger partial charge in [-0.25, -0.2) is 4.98 Å². The van der Waals surface area contributed by atoms with Crippen LogP contribution in [0.25, 0.3) is 5.82 Å². The van der Waals surface area contributed by atoms with Crippen molar-refractivity contribution < 1.29 is 24.2 Å². The van der Waals surface area contributed by atoms with Crippen molar-refractivity contribution in [2.75, 3.05) is 6.54 Å². The number of esters is 1. The summed E-state index contributed by atoms with van der Waals surface area (Å²) in [5.41, 5.74) is 6.25. The zero-order valence-corrected chi connectivity index (χ0v) is 36.8. The van der Waals surface area contributed by atoms with Crippen molar-refractivity contribution in [2.45, 2.75) is 145 Å². The molecule has 0 aromatic carbocycles. The minimum Gasteiger partial charge on any atom is -0.481 e. The van der Waals surface area contributed by atoms with Gasteiger partial charge in [-0.15, -0.1) is 0 Å². The molecule has 0 unspecified atom stereocenters. The molecule has 3 N–H and O–H groups in total. The maximum atomic E-state index is 14.5. The highest BCUT2D eigenvalue weighted by atomic mass is 35.5. The van der Waals surface area contributed by atoms with Gasteiger partial charge < -0.3 is 15.6 Å². The number of carboxylic acid groups (broad SMARTS) is 1. The summed E-state index contributed by atoms with van der Waals surface area (Å²) < 4.78 is 9.60. The lowest BCUT2D eigenvalue weighted by Crippen LogP contribution is -2.66. The maximum Gasteiger partial charge on any atom is 0.309 e. The number of pyridine rings is 1. The number of allylic oxidation sites excluding steroid dienone is 2. The van der Waals surface area contributed by atoms with Crippen molar-refractivity contribution in [1.29, 1.82) is 0 Å². The van der Waals surface area contributed by atoms with E-state index in [9.17, 15) is 24.3 Å². The average molecular weight is 826 g/mol. The van der Waals surface area contributed by atoms with Crippen LogP contribution in [0.15, 0.2) is 34.3 Å². The van der Waals surface area contributed by atoms with Crippen LogP contribution in [0.3, 0.4) is 0 Å². The van der Waals surface area contributed by atoms with Crippen molar-refractivity contribution in [3.8, 4) is 5.82 Å². The number of carbonyl (C=O) groups is 3. The third kappa shape index (κ3) is 6.06. The molecule has 0 bridgehead atoms. The zero-order valence-electron chi connectivity index (χ0n) is 35.3. The topological polar surface area (TPSA) is 147 Å². The fraction of sp³-hybridized carbons (Fsp3) is 0.711. The standard InChI is InChI=1S/C45H62Cl2N4O6/c1-25(2)34-28(52)22-45(37-36(47)38(54)51(50(37)21-20-48)32-13-10-26(46)24-49-32)19-18-43(8)27(35(34)45)11-12-30-42(7)16-15-31(57-33(53)23-40(3,4)39(55)56)41(5,6)29(42)14-17-44(30,43)9/h10,13,24-25,27,29-31H,11-12,14-23,48H2,1-9H3,(H,55,56)/t27-,29+,30-,31+,42+,43-,44-,45-/m1/s1. The Morgan fingerprint density at radius 2 is 1.68 bits per heavy atom. The molecule has 57 heavy (non-hydrogen) atoms. The van der Waals surface area contributed by atoms with E-state index >= 15 is 0 Å². The van der Waals surface area contributed by atoms with E-state index in [1.165, 1.54) is 16.5 Å². The van der Waals surface area contributed by atoms with Crippen molar-refractivity contribution in [3.05, 3.63) is 55.6 Å². The number of halogens is 2. The second kappa shape index (κ2) is 14.1. The Kier molecular flexibility index (Phi) is 10.4. The lowest BCUT2D eigenvalue weighted by Gasteiger charge is -2.72. The number of hydrogen-bond acceptors (Lipinski definition) is 7. The smallest absolute Gasteiger partial charge is 0.309 e. The molecule has 0 spiro atoms. The van der Waals surface area contributed by atoms with E-state index in [-0.39, 0.29) is 75.4 Å². The fourth-order valence-electron chi connectivity index (χ4n) is 13.8. The van der Waals surface area contributed by atoms with E-state index < -0.39 is 22.8 Å². The number of hydrogen-bond donors (Lipinski definition) is 2. The van der Waals surface area contributed by atoms with E-state index in [2.05, 4.69) is 53.5 Å². The Balaban J connectivity index is 1.28. The van der Waals surface area contributed by atoms with Crippen LogP contribution in [0.2, 0.25) is 10.0 Å². The third-order valence-corrected chi connectivity index (χ3v) is 17.2. The number of carboxylic acids is 1. The number of fused-ring (bicyclic) bond motifs is 7. The van der Waals surface area contributed by atoms with Crippen LogP contribution < -0.4 is 11.3 Å². The van der Waals surface area contributed by atoms with E-state index in [0.717, 1.165) is 50.5 Å². The Morgan fingerprint density at radius 1 is 0.982 bits per heavy atom. The van der Waals surface area contributed by atoms with Gasteiger partial charge in [0.1, 0.15) is 11.1 Å². The first-order chi connectivity index (χ1) is 26.5. The Morgan fingerprint density at radius 3 is 2.30 bits per heavy atom. The van der Waals surface area contributed by atoms with Gasteiger partial charge in [0, 0.05) is 30.0 Å². The lowest BCUT2D eigenvalue weighted by atomic mass is 9.33. The predicted octanol–water partition coefficient (Wildman–Crippen LogP) is 8.94. The van der Waals surface area contributed by atoms with Crippen LogP contribution in [0.4, 0.5) is 0 Å². The first-order valence-corrected chi connectivity index (χ1v) is 21.8. The summed E-state index contributed by atoms with van der Waals surface area (Å²) in [7, 11) is 0. The molecule has 312 valence electrons. The molecule has 0 amide bonds. The van der Waals surface area contributed by atoms with Gasteiger partial charge >= 0.3 is 11.9 Å². The van der Waals surface area contributed by atoms with E-state index in [1.807, 2.05) is 4.68 Å². The highest BCUT2D eigenvalue weighted by Gasteiger charge is 2.71. The molecule has 2 aromatic rings. The summed E-state index contributed by atoms with van der Waals surface area (Å²) in [4.78, 5) is 58.2.